The normalized spacial score (nSPS) is 10.0. The van der Waals surface area contributed by atoms with Gasteiger partial charge in [0, 0.05) is 17.3 Å². The van der Waals surface area contributed by atoms with Crippen molar-refractivity contribution in [3.8, 4) is 11.5 Å². The lowest BCUT2D eigenvalue weighted by molar-refractivity contribution is -0.115. The molecule has 0 unspecified atom stereocenters. The smallest absolute Gasteiger partial charge is 0.228 e. The molecule has 0 atom stereocenters. The lowest BCUT2D eigenvalue weighted by Crippen LogP contribution is -2.14. The zero-order valence-corrected chi connectivity index (χ0v) is 12.5. The van der Waals surface area contributed by atoms with E-state index in [4.69, 9.17) is 9.47 Å². The summed E-state index contributed by atoms with van der Waals surface area (Å²) in [5, 5.41) is 2.87. The van der Waals surface area contributed by atoms with Gasteiger partial charge in [-0.15, -0.1) is 0 Å². The number of hydrogen-bond donors (Lipinski definition) is 1. The fourth-order valence-electron chi connectivity index (χ4n) is 2.01. The molecule has 0 aliphatic carbocycles. The highest BCUT2D eigenvalue weighted by atomic mass is 16.5. The molecule has 0 aliphatic heterocycles. The van der Waals surface area contributed by atoms with Crippen LogP contribution in [0.25, 0.3) is 0 Å². The van der Waals surface area contributed by atoms with Gasteiger partial charge in [0.1, 0.15) is 11.5 Å². The average molecular weight is 285 g/mol. The standard InChI is InChI=1S/C17H19NO3/c1-12-4-7-14(8-5-12)18-17(19)10-13-6-9-15(20-2)11-16(13)21-3/h4-9,11H,10H2,1-3H3,(H,18,19). The number of aryl methyl sites for hydroxylation is 1. The van der Waals surface area contributed by atoms with Crippen molar-refractivity contribution < 1.29 is 14.3 Å². The molecule has 4 nitrogen and oxygen atoms in total. The fourth-order valence-corrected chi connectivity index (χ4v) is 2.01. The van der Waals surface area contributed by atoms with Crippen molar-refractivity contribution in [2.45, 2.75) is 13.3 Å². The van der Waals surface area contributed by atoms with E-state index < -0.39 is 0 Å². The van der Waals surface area contributed by atoms with E-state index in [-0.39, 0.29) is 12.3 Å². The van der Waals surface area contributed by atoms with Crippen LogP contribution in [0.4, 0.5) is 5.69 Å². The maximum atomic E-state index is 12.1. The van der Waals surface area contributed by atoms with Crippen LogP contribution < -0.4 is 14.8 Å². The monoisotopic (exact) mass is 285 g/mol. The molecule has 0 fully saturated rings. The Balaban J connectivity index is 2.07. The van der Waals surface area contributed by atoms with E-state index in [9.17, 15) is 4.79 Å². The zero-order chi connectivity index (χ0) is 15.2. The Hall–Kier alpha value is -2.49. The molecule has 2 aromatic rings. The number of hydrogen-bond acceptors (Lipinski definition) is 3. The van der Waals surface area contributed by atoms with Gasteiger partial charge in [-0.25, -0.2) is 0 Å². The maximum absolute atomic E-state index is 12.1. The Morgan fingerprint density at radius 3 is 2.38 bits per heavy atom. The van der Waals surface area contributed by atoms with Crippen molar-refractivity contribution in [1.82, 2.24) is 0 Å². The van der Waals surface area contributed by atoms with Crippen molar-refractivity contribution >= 4 is 11.6 Å². The van der Waals surface area contributed by atoms with Crippen molar-refractivity contribution in [1.29, 1.82) is 0 Å². The number of benzene rings is 2. The average Bonchev–Trinajstić information content (AvgIpc) is 2.50. The van der Waals surface area contributed by atoms with Crippen LogP contribution in [-0.4, -0.2) is 20.1 Å². The third-order valence-electron chi connectivity index (χ3n) is 3.18. The lowest BCUT2D eigenvalue weighted by atomic mass is 10.1. The molecule has 21 heavy (non-hydrogen) atoms. The second-order valence-corrected chi connectivity index (χ2v) is 4.77. The van der Waals surface area contributed by atoms with Gasteiger partial charge in [-0.1, -0.05) is 23.8 Å². The lowest BCUT2D eigenvalue weighted by Gasteiger charge is -2.11. The van der Waals surface area contributed by atoms with E-state index in [1.54, 1.807) is 20.3 Å². The van der Waals surface area contributed by atoms with Gasteiger partial charge in [-0.3, -0.25) is 4.79 Å². The summed E-state index contributed by atoms with van der Waals surface area (Å²) in [7, 11) is 3.18. The molecule has 2 rings (SSSR count). The first-order valence-corrected chi connectivity index (χ1v) is 6.70. The predicted octanol–water partition coefficient (Wildman–Crippen LogP) is 3.19. The number of anilines is 1. The molecular weight excluding hydrogens is 266 g/mol. The van der Waals surface area contributed by atoms with Crippen LogP contribution in [0.5, 0.6) is 11.5 Å². The largest absolute Gasteiger partial charge is 0.497 e. The van der Waals surface area contributed by atoms with Gasteiger partial charge in [0.25, 0.3) is 0 Å². The molecule has 110 valence electrons. The van der Waals surface area contributed by atoms with E-state index in [0.717, 1.165) is 16.8 Å². The molecule has 1 N–H and O–H groups in total. The van der Waals surface area contributed by atoms with Gasteiger partial charge in [0.2, 0.25) is 5.91 Å². The Labute approximate surface area is 124 Å². The Kier molecular flexibility index (Phi) is 4.82. The van der Waals surface area contributed by atoms with E-state index in [2.05, 4.69) is 5.32 Å². The van der Waals surface area contributed by atoms with Crippen LogP contribution in [0, 0.1) is 6.92 Å². The summed E-state index contributed by atoms with van der Waals surface area (Å²) in [6.07, 6.45) is 0.251. The second-order valence-electron chi connectivity index (χ2n) is 4.77. The summed E-state index contributed by atoms with van der Waals surface area (Å²) < 4.78 is 10.4. The van der Waals surface area contributed by atoms with Gasteiger partial charge < -0.3 is 14.8 Å². The number of methoxy groups -OCH3 is 2. The maximum Gasteiger partial charge on any atom is 0.228 e. The third kappa shape index (κ3) is 3.99. The number of rotatable bonds is 5. The van der Waals surface area contributed by atoms with Gasteiger partial charge in [-0.05, 0) is 25.1 Å². The highest BCUT2D eigenvalue weighted by Gasteiger charge is 2.10. The molecule has 0 aliphatic rings. The summed E-state index contributed by atoms with van der Waals surface area (Å²) in [6, 6.07) is 13.1. The minimum absolute atomic E-state index is 0.0812. The molecule has 0 radical (unpaired) electrons. The molecule has 0 spiro atoms. The van der Waals surface area contributed by atoms with Gasteiger partial charge >= 0.3 is 0 Å². The van der Waals surface area contributed by atoms with E-state index >= 15 is 0 Å². The first-order chi connectivity index (χ1) is 10.1. The quantitative estimate of drug-likeness (QED) is 0.917. The van der Waals surface area contributed by atoms with Crippen molar-refractivity contribution in [2.75, 3.05) is 19.5 Å². The molecule has 0 bridgehead atoms. The van der Waals surface area contributed by atoms with Crippen LogP contribution >= 0.6 is 0 Å². The molecular formula is C17H19NO3. The van der Waals surface area contributed by atoms with Crippen LogP contribution in [0.1, 0.15) is 11.1 Å². The van der Waals surface area contributed by atoms with Crippen LogP contribution in [0.3, 0.4) is 0 Å². The van der Waals surface area contributed by atoms with Crippen LogP contribution in [0.15, 0.2) is 42.5 Å². The van der Waals surface area contributed by atoms with E-state index in [1.165, 1.54) is 0 Å². The van der Waals surface area contributed by atoms with Crippen molar-refractivity contribution in [2.24, 2.45) is 0 Å². The molecule has 0 heterocycles. The number of amides is 1. The zero-order valence-electron chi connectivity index (χ0n) is 12.5. The third-order valence-corrected chi connectivity index (χ3v) is 3.18. The molecule has 1 amide bonds. The van der Waals surface area contributed by atoms with Gasteiger partial charge in [-0.2, -0.15) is 0 Å². The number of carbonyl (C=O) groups excluding carboxylic acids is 1. The van der Waals surface area contributed by atoms with Crippen molar-refractivity contribution in [3.63, 3.8) is 0 Å². The molecule has 0 aromatic heterocycles. The summed E-state index contributed by atoms with van der Waals surface area (Å²) >= 11 is 0. The van der Waals surface area contributed by atoms with E-state index in [1.807, 2.05) is 43.3 Å². The molecule has 2 aromatic carbocycles. The van der Waals surface area contributed by atoms with Crippen molar-refractivity contribution in [3.05, 3.63) is 53.6 Å². The Morgan fingerprint density at radius 1 is 1.05 bits per heavy atom. The highest BCUT2D eigenvalue weighted by Crippen LogP contribution is 2.25. The molecule has 0 saturated heterocycles. The Morgan fingerprint density at radius 2 is 1.76 bits per heavy atom. The second kappa shape index (κ2) is 6.79. The Bertz CT molecular complexity index is 620. The van der Waals surface area contributed by atoms with Crippen LogP contribution in [-0.2, 0) is 11.2 Å². The summed E-state index contributed by atoms with van der Waals surface area (Å²) in [5.74, 6) is 1.27. The topological polar surface area (TPSA) is 47.6 Å². The summed E-state index contributed by atoms with van der Waals surface area (Å²) in [4.78, 5) is 12.1. The highest BCUT2D eigenvalue weighted by molar-refractivity contribution is 5.92. The molecule has 0 saturated carbocycles. The number of ether oxygens (including phenoxy) is 2. The van der Waals surface area contributed by atoms with Crippen LogP contribution in [0.2, 0.25) is 0 Å². The first-order valence-electron chi connectivity index (χ1n) is 6.70. The summed E-state index contributed by atoms with van der Waals surface area (Å²) in [6.45, 7) is 2.01. The first kappa shape index (κ1) is 14.9. The van der Waals surface area contributed by atoms with E-state index in [0.29, 0.717) is 11.5 Å². The summed E-state index contributed by atoms with van der Waals surface area (Å²) in [5.41, 5.74) is 2.77. The number of carbonyl (C=O) groups is 1. The van der Waals surface area contributed by atoms with Gasteiger partial charge in [0.15, 0.2) is 0 Å². The minimum atomic E-state index is -0.0812. The predicted molar refractivity (Wildman–Crippen MR) is 83.1 cm³/mol. The minimum Gasteiger partial charge on any atom is -0.497 e. The molecule has 4 heteroatoms. The fraction of sp³-hybridized carbons (Fsp3) is 0.235. The van der Waals surface area contributed by atoms with Gasteiger partial charge in [0.05, 0.1) is 20.6 Å². The number of nitrogens with one attached hydrogen (secondary N) is 1. The SMILES string of the molecule is COc1ccc(CC(=O)Nc2ccc(C)cc2)c(OC)c1.